The standard InChI is InChI=1S/C17H21N3O3/c1-16(2,3)12-6-4-11(5-7-12)13(21)20-9-8-17(10-20)14(22)18-15(23)19-17/h4-7H,8-10H2,1-3H3,(H2,18,19,22,23)/t17-/m1/s1. The summed E-state index contributed by atoms with van der Waals surface area (Å²) >= 11 is 0. The van der Waals surface area contributed by atoms with Gasteiger partial charge in [-0.05, 0) is 29.5 Å². The van der Waals surface area contributed by atoms with Gasteiger partial charge in [0.2, 0.25) is 0 Å². The average Bonchev–Trinajstić information content (AvgIpc) is 3.02. The van der Waals surface area contributed by atoms with Gasteiger partial charge in [-0.2, -0.15) is 0 Å². The molecule has 2 aliphatic rings. The lowest BCUT2D eigenvalue weighted by atomic mass is 9.86. The van der Waals surface area contributed by atoms with Crippen LogP contribution >= 0.6 is 0 Å². The van der Waals surface area contributed by atoms with E-state index in [1.54, 1.807) is 4.90 Å². The highest BCUT2D eigenvalue weighted by Gasteiger charge is 2.51. The molecule has 0 unspecified atom stereocenters. The molecule has 1 aromatic carbocycles. The predicted octanol–water partition coefficient (Wildman–Crippen LogP) is 1.41. The molecule has 6 heteroatoms. The van der Waals surface area contributed by atoms with Crippen LogP contribution in [-0.2, 0) is 10.2 Å². The van der Waals surface area contributed by atoms with Crippen LogP contribution in [-0.4, -0.2) is 41.4 Å². The monoisotopic (exact) mass is 315 g/mol. The fraction of sp³-hybridized carbons (Fsp3) is 0.471. The number of carbonyl (C=O) groups excluding carboxylic acids is 3. The Hall–Kier alpha value is -2.37. The van der Waals surface area contributed by atoms with Crippen molar-refractivity contribution in [3.8, 4) is 0 Å². The molecule has 2 heterocycles. The number of urea groups is 1. The first-order chi connectivity index (χ1) is 10.7. The number of benzene rings is 1. The Labute approximate surface area is 135 Å². The number of hydrogen-bond donors (Lipinski definition) is 2. The van der Waals surface area contributed by atoms with Crippen LogP contribution in [0.1, 0.15) is 43.1 Å². The summed E-state index contributed by atoms with van der Waals surface area (Å²) in [7, 11) is 0. The molecule has 1 atom stereocenters. The van der Waals surface area contributed by atoms with Crippen molar-refractivity contribution in [2.45, 2.75) is 38.1 Å². The highest BCUT2D eigenvalue weighted by atomic mass is 16.2. The maximum atomic E-state index is 12.6. The highest BCUT2D eigenvalue weighted by Crippen LogP contribution is 2.27. The molecule has 0 aliphatic carbocycles. The minimum Gasteiger partial charge on any atom is -0.336 e. The molecule has 1 aromatic rings. The SMILES string of the molecule is CC(C)(C)c1ccc(C(=O)N2CC[C@]3(C2)NC(=O)NC3=O)cc1. The number of carbonyl (C=O) groups is 3. The third-order valence-electron chi connectivity index (χ3n) is 4.57. The second kappa shape index (κ2) is 5.08. The summed E-state index contributed by atoms with van der Waals surface area (Å²) in [5.41, 5.74) is 0.831. The molecule has 2 fully saturated rings. The van der Waals surface area contributed by atoms with Gasteiger partial charge in [0, 0.05) is 12.1 Å². The second-order valence-corrected chi connectivity index (χ2v) is 7.29. The van der Waals surface area contributed by atoms with Crippen molar-refractivity contribution in [1.29, 1.82) is 0 Å². The fourth-order valence-electron chi connectivity index (χ4n) is 3.09. The second-order valence-electron chi connectivity index (χ2n) is 7.29. The molecule has 122 valence electrons. The molecule has 6 nitrogen and oxygen atoms in total. The van der Waals surface area contributed by atoms with Crippen LogP contribution in [0.2, 0.25) is 0 Å². The maximum Gasteiger partial charge on any atom is 0.322 e. The molecule has 2 N–H and O–H groups in total. The van der Waals surface area contributed by atoms with Gasteiger partial charge in [-0.1, -0.05) is 32.9 Å². The molecule has 0 saturated carbocycles. The van der Waals surface area contributed by atoms with E-state index >= 15 is 0 Å². The van der Waals surface area contributed by atoms with E-state index < -0.39 is 11.6 Å². The molecular weight excluding hydrogens is 294 g/mol. The Morgan fingerprint density at radius 3 is 2.35 bits per heavy atom. The molecule has 0 aromatic heterocycles. The zero-order valence-corrected chi connectivity index (χ0v) is 13.6. The van der Waals surface area contributed by atoms with Crippen molar-refractivity contribution in [3.05, 3.63) is 35.4 Å². The Kier molecular flexibility index (Phi) is 3.43. The summed E-state index contributed by atoms with van der Waals surface area (Å²) in [6.07, 6.45) is 0.441. The van der Waals surface area contributed by atoms with Gasteiger partial charge in [-0.25, -0.2) is 4.79 Å². The van der Waals surface area contributed by atoms with Crippen LogP contribution in [0, 0.1) is 0 Å². The highest BCUT2D eigenvalue weighted by molar-refractivity contribution is 6.08. The van der Waals surface area contributed by atoms with E-state index in [9.17, 15) is 14.4 Å². The normalized spacial score (nSPS) is 24.0. The van der Waals surface area contributed by atoms with E-state index in [2.05, 4.69) is 31.4 Å². The van der Waals surface area contributed by atoms with Crippen molar-refractivity contribution in [2.75, 3.05) is 13.1 Å². The van der Waals surface area contributed by atoms with Gasteiger partial charge in [0.25, 0.3) is 11.8 Å². The number of hydrogen-bond acceptors (Lipinski definition) is 3. The number of likely N-dealkylation sites (tertiary alicyclic amines) is 1. The third-order valence-corrected chi connectivity index (χ3v) is 4.57. The molecule has 3 rings (SSSR count). The summed E-state index contributed by atoms with van der Waals surface area (Å²) in [5, 5.41) is 4.90. The minimum atomic E-state index is -0.960. The molecule has 2 saturated heterocycles. The number of amides is 4. The lowest BCUT2D eigenvalue weighted by molar-refractivity contribution is -0.123. The van der Waals surface area contributed by atoms with Crippen LogP contribution in [0.15, 0.2) is 24.3 Å². The van der Waals surface area contributed by atoms with Crippen molar-refractivity contribution in [1.82, 2.24) is 15.5 Å². The van der Waals surface area contributed by atoms with Crippen LogP contribution in [0.5, 0.6) is 0 Å². The van der Waals surface area contributed by atoms with E-state index in [0.717, 1.165) is 5.56 Å². The molecule has 1 spiro atoms. The smallest absolute Gasteiger partial charge is 0.322 e. The van der Waals surface area contributed by atoms with Crippen LogP contribution in [0.25, 0.3) is 0 Å². The van der Waals surface area contributed by atoms with E-state index in [-0.39, 0.29) is 23.8 Å². The van der Waals surface area contributed by atoms with Gasteiger partial charge >= 0.3 is 6.03 Å². The van der Waals surface area contributed by atoms with Crippen LogP contribution < -0.4 is 10.6 Å². The summed E-state index contributed by atoms with van der Waals surface area (Å²) < 4.78 is 0. The average molecular weight is 315 g/mol. The third kappa shape index (κ3) is 2.69. The zero-order valence-electron chi connectivity index (χ0n) is 13.6. The molecule has 2 aliphatic heterocycles. The van der Waals surface area contributed by atoms with Crippen LogP contribution in [0.3, 0.4) is 0 Å². The van der Waals surface area contributed by atoms with Gasteiger partial charge in [0.15, 0.2) is 0 Å². The van der Waals surface area contributed by atoms with E-state index in [4.69, 9.17) is 0 Å². The maximum absolute atomic E-state index is 12.6. The molecule has 0 bridgehead atoms. The number of nitrogens with one attached hydrogen (secondary N) is 2. The van der Waals surface area contributed by atoms with Crippen molar-refractivity contribution >= 4 is 17.8 Å². The van der Waals surface area contributed by atoms with Crippen molar-refractivity contribution < 1.29 is 14.4 Å². The number of nitrogens with zero attached hydrogens (tertiary/aromatic N) is 1. The zero-order chi connectivity index (χ0) is 16.8. The lowest BCUT2D eigenvalue weighted by Gasteiger charge is -2.22. The van der Waals surface area contributed by atoms with Gasteiger partial charge in [-0.15, -0.1) is 0 Å². The molecule has 23 heavy (non-hydrogen) atoms. The first-order valence-corrected chi connectivity index (χ1v) is 7.75. The summed E-state index contributed by atoms with van der Waals surface area (Å²) in [4.78, 5) is 37.5. The largest absolute Gasteiger partial charge is 0.336 e. The molecule has 0 radical (unpaired) electrons. The topological polar surface area (TPSA) is 78.5 Å². The van der Waals surface area contributed by atoms with E-state index in [1.165, 1.54) is 0 Å². The Balaban J connectivity index is 1.75. The first kappa shape index (κ1) is 15.5. The molecular formula is C17H21N3O3. The summed E-state index contributed by atoms with van der Waals surface area (Å²) in [5.74, 6) is -0.461. The number of rotatable bonds is 1. The lowest BCUT2D eigenvalue weighted by Crippen LogP contribution is -2.49. The van der Waals surface area contributed by atoms with Crippen molar-refractivity contribution in [3.63, 3.8) is 0 Å². The van der Waals surface area contributed by atoms with Crippen LogP contribution in [0.4, 0.5) is 4.79 Å². The summed E-state index contributed by atoms with van der Waals surface area (Å²) in [6.45, 7) is 7.03. The minimum absolute atomic E-state index is 0.0332. The van der Waals surface area contributed by atoms with Gasteiger partial charge in [0.05, 0.1) is 6.54 Å². The Morgan fingerprint density at radius 1 is 1.17 bits per heavy atom. The van der Waals surface area contributed by atoms with E-state index in [1.807, 2.05) is 24.3 Å². The Bertz CT molecular complexity index is 675. The fourth-order valence-corrected chi connectivity index (χ4v) is 3.09. The predicted molar refractivity (Wildman–Crippen MR) is 85.1 cm³/mol. The Morgan fingerprint density at radius 2 is 1.83 bits per heavy atom. The first-order valence-electron chi connectivity index (χ1n) is 7.75. The van der Waals surface area contributed by atoms with Gasteiger partial charge in [0.1, 0.15) is 5.54 Å². The van der Waals surface area contributed by atoms with E-state index in [0.29, 0.717) is 18.5 Å². The van der Waals surface area contributed by atoms with Crippen molar-refractivity contribution in [2.24, 2.45) is 0 Å². The summed E-state index contributed by atoms with van der Waals surface area (Å²) in [6, 6.07) is 7.08. The quantitative estimate of drug-likeness (QED) is 0.769. The van der Waals surface area contributed by atoms with Gasteiger partial charge in [-0.3, -0.25) is 14.9 Å². The molecule has 4 amide bonds. The number of imide groups is 1. The van der Waals surface area contributed by atoms with Gasteiger partial charge < -0.3 is 10.2 Å².